The first-order chi connectivity index (χ1) is 17.5. The van der Waals surface area contributed by atoms with Gasteiger partial charge in [0.2, 0.25) is 0 Å². The predicted molar refractivity (Wildman–Crippen MR) is 135 cm³/mol. The van der Waals surface area contributed by atoms with Crippen LogP contribution in [0.1, 0.15) is 75.8 Å². The lowest BCUT2D eigenvalue weighted by Crippen LogP contribution is -2.37. The highest BCUT2D eigenvalue weighted by molar-refractivity contribution is 5.83. The molecule has 0 saturated heterocycles. The first-order valence-corrected chi connectivity index (χ1v) is 13.1. The maximum atomic E-state index is 13.2. The minimum absolute atomic E-state index is 0.0758. The van der Waals surface area contributed by atoms with Gasteiger partial charge in [-0.3, -0.25) is 9.69 Å². The number of rotatable bonds is 9. The van der Waals surface area contributed by atoms with Gasteiger partial charge >= 0.3 is 0 Å². The van der Waals surface area contributed by atoms with E-state index in [1.54, 1.807) is 0 Å². The molecule has 36 heavy (non-hydrogen) atoms. The molecule has 2 aliphatic rings. The Morgan fingerprint density at radius 2 is 1.89 bits per heavy atom. The topological polar surface area (TPSA) is 118 Å². The lowest BCUT2D eigenvalue weighted by molar-refractivity contribution is 0.118. The number of aromatic nitrogens is 5. The average molecular weight is 497 g/mol. The Morgan fingerprint density at radius 1 is 1.14 bits per heavy atom. The van der Waals surface area contributed by atoms with Gasteiger partial charge in [0.05, 0.1) is 17.6 Å². The van der Waals surface area contributed by atoms with Gasteiger partial charge in [0.25, 0.3) is 5.56 Å². The summed E-state index contributed by atoms with van der Waals surface area (Å²) in [6.07, 6.45) is 6.40. The van der Waals surface area contributed by atoms with E-state index in [4.69, 9.17) is 9.47 Å². The minimum atomic E-state index is -0.137. The molecular formula is C26H36N6O4. The van der Waals surface area contributed by atoms with Crippen LogP contribution in [0.2, 0.25) is 0 Å². The molecule has 5 rings (SSSR count). The van der Waals surface area contributed by atoms with Gasteiger partial charge in [-0.15, -0.1) is 5.10 Å². The van der Waals surface area contributed by atoms with Crippen molar-refractivity contribution in [2.45, 2.75) is 71.0 Å². The zero-order valence-electron chi connectivity index (χ0n) is 21.2. The Hall–Kier alpha value is -2.98. The SMILES string of the molecule is CC(C)C(c1nnnn1C1CCCCC1)N(CCCO)Cc1cc2cc3c(cc2[nH]c1=O)OCCO3. The molecule has 0 radical (unpaired) electrons. The number of tetrazole rings is 1. The fourth-order valence-corrected chi connectivity index (χ4v) is 5.58. The normalized spacial score (nSPS) is 17.2. The van der Waals surface area contributed by atoms with Crippen molar-refractivity contribution < 1.29 is 14.6 Å². The van der Waals surface area contributed by atoms with E-state index >= 15 is 0 Å². The second kappa shape index (κ2) is 11.0. The minimum Gasteiger partial charge on any atom is -0.486 e. The molecule has 10 nitrogen and oxygen atoms in total. The number of nitrogens with zero attached hydrogens (tertiary/aromatic N) is 5. The number of aliphatic hydroxyl groups is 1. The van der Waals surface area contributed by atoms with Crippen LogP contribution in [0.25, 0.3) is 10.9 Å². The third kappa shape index (κ3) is 5.10. The first-order valence-electron chi connectivity index (χ1n) is 13.1. The van der Waals surface area contributed by atoms with Crippen LogP contribution < -0.4 is 15.0 Å². The van der Waals surface area contributed by atoms with Gasteiger partial charge in [0.15, 0.2) is 17.3 Å². The van der Waals surface area contributed by atoms with E-state index in [0.717, 1.165) is 29.6 Å². The first kappa shape index (κ1) is 24.7. The van der Waals surface area contributed by atoms with Gasteiger partial charge in [-0.1, -0.05) is 33.1 Å². The van der Waals surface area contributed by atoms with E-state index < -0.39 is 0 Å². The monoisotopic (exact) mass is 496 g/mol. The number of ether oxygens (including phenoxy) is 2. The molecule has 1 aliphatic heterocycles. The zero-order chi connectivity index (χ0) is 25.1. The average Bonchev–Trinajstić information content (AvgIpc) is 3.36. The molecule has 0 spiro atoms. The van der Waals surface area contributed by atoms with Crippen molar-refractivity contribution in [2.75, 3.05) is 26.4 Å². The molecule has 2 N–H and O–H groups in total. The Morgan fingerprint density at radius 3 is 2.61 bits per heavy atom. The van der Waals surface area contributed by atoms with Crippen LogP contribution in [0.15, 0.2) is 23.0 Å². The molecule has 1 aliphatic carbocycles. The summed E-state index contributed by atoms with van der Waals surface area (Å²) in [7, 11) is 0. The molecule has 0 bridgehead atoms. The van der Waals surface area contributed by atoms with Gasteiger partial charge in [-0.2, -0.15) is 0 Å². The summed E-state index contributed by atoms with van der Waals surface area (Å²) in [4.78, 5) is 18.4. The molecule has 2 aromatic heterocycles. The summed E-state index contributed by atoms with van der Waals surface area (Å²) < 4.78 is 13.4. The van der Waals surface area contributed by atoms with Crippen molar-refractivity contribution in [3.63, 3.8) is 0 Å². The van der Waals surface area contributed by atoms with Gasteiger partial charge in [-0.25, -0.2) is 4.68 Å². The van der Waals surface area contributed by atoms with E-state index in [1.807, 2.05) is 22.9 Å². The van der Waals surface area contributed by atoms with E-state index in [1.165, 1.54) is 19.3 Å². The predicted octanol–water partition coefficient (Wildman–Crippen LogP) is 3.37. The van der Waals surface area contributed by atoms with Crippen LogP contribution in [0, 0.1) is 5.92 Å². The summed E-state index contributed by atoms with van der Waals surface area (Å²) in [5.74, 6) is 2.38. The van der Waals surface area contributed by atoms with Gasteiger partial charge in [0, 0.05) is 36.7 Å². The van der Waals surface area contributed by atoms with Crippen LogP contribution in [-0.4, -0.2) is 61.6 Å². The van der Waals surface area contributed by atoms with Crippen LogP contribution in [-0.2, 0) is 6.54 Å². The van der Waals surface area contributed by atoms with Gasteiger partial charge in [-0.05, 0) is 47.7 Å². The summed E-state index contributed by atoms with van der Waals surface area (Å²) in [5.41, 5.74) is 1.23. The number of aliphatic hydroxyl groups excluding tert-OH is 1. The summed E-state index contributed by atoms with van der Waals surface area (Å²) in [6.45, 7) is 6.44. The molecule has 1 atom stereocenters. The molecule has 3 aromatic rings. The van der Waals surface area contributed by atoms with Crippen LogP contribution >= 0.6 is 0 Å². The van der Waals surface area contributed by atoms with Crippen molar-refractivity contribution in [1.82, 2.24) is 30.1 Å². The van der Waals surface area contributed by atoms with Crippen molar-refractivity contribution in [1.29, 1.82) is 0 Å². The molecule has 10 heteroatoms. The van der Waals surface area contributed by atoms with E-state index in [9.17, 15) is 9.90 Å². The number of fused-ring (bicyclic) bond motifs is 2. The van der Waals surface area contributed by atoms with E-state index in [-0.39, 0.29) is 24.1 Å². The molecule has 1 aromatic carbocycles. The largest absolute Gasteiger partial charge is 0.486 e. The number of nitrogens with one attached hydrogen (secondary N) is 1. The number of hydrogen-bond donors (Lipinski definition) is 2. The fourth-order valence-electron chi connectivity index (χ4n) is 5.58. The lowest BCUT2D eigenvalue weighted by atomic mass is 9.94. The van der Waals surface area contributed by atoms with Crippen molar-refractivity contribution in [2.24, 2.45) is 5.92 Å². The molecule has 194 valence electrons. The summed E-state index contributed by atoms with van der Waals surface area (Å²) in [6, 6.07) is 5.89. The second-order valence-electron chi connectivity index (χ2n) is 10.2. The summed E-state index contributed by atoms with van der Waals surface area (Å²) >= 11 is 0. The molecule has 3 heterocycles. The molecule has 1 fully saturated rings. The molecule has 0 amide bonds. The standard InChI is InChI=1S/C26H36N6O4/c1-17(2)24(25-28-29-30-32(25)20-7-4-3-5-8-20)31(9-6-10-33)16-19-13-18-14-22-23(36-12-11-35-22)15-21(18)27-26(19)34/h13-15,17,20,24,33H,3-12,16H2,1-2H3,(H,27,34). The van der Waals surface area contributed by atoms with Crippen LogP contribution in [0.5, 0.6) is 11.5 Å². The van der Waals surface area contributed by atoms with Crippen LogP contribution in [0.4, 0.5) is 0 Å². The highest BCUT2D eigenvalue weighted by Gasteiger charge is 2.32. The maximum Gasteiger partial charge on any atom is 0.252 e. The lowest BCUT2D eigenvalue weighted by Gasteiger charge is -2.34. The Labute approximate surface area is 210 Å². The molecule has 1 saturated carbocycles. The van der Waals surface area contributed by atoms with Crippen molar-refractivity contribution in [3.8, 4) is 11.5 Å². The zero-order valence-corrected chi connectivity index (χ0v) is 21.2. The van der Waals surface area contributed by atoms with Crippen molar-refractivity contribution in [3.05, 3.63) is 39.9 Å². The third-order valence-corrected chi connectivity index (χ3v) is 7.29. The quantitative estimate of drug-likeness (QED) is 0.463. The second-order valence-corrected chi connectivity index (χ2v) is 10.2. The van der Waals surface area contributed by atoms with E-state index in [0.29, 0.717) is 55.8 Å². The van der Waals surface area contributed by atoms with Gasteiger partial charge < -0.3 is 19.6 Å². The number of aromatic amines is 1. The number of H-pyrrole nitrogens is 1. The van der Waals surface area contributed by atoms with Crippen LogP contribution in [0.3, 0.4) is 0 Å². The summed E-state index contributed by atoms with van der Waals surface area (Å²) in [5, 5.41) is 23.5. The highest BCUT2D eigenvalue weighted by atomic mass is 16.6. The third-order valence-electron chi connectivity index (χ3n) is 7.29. The maximum absolute atomic E-state index is 13.2. The number of pyridine rings is 1. The highest BCUT2D eigenvalue weighted by Crippen LogP contribution is 2.35. The Balaban J connectivity index is 1.49. The fraction of sp³-hybridized carbons (Fsp3) is 0.615. The molecule has 1 unspecified atom stereocenters. The smallest absolute Gasteiger partial charge is 0.252 e. The number of hydrogen-bond acceptors (Lipinski definition) is 8. The van der Waals surface area contributed by atoms with Gasteiger partial charge in [0.1, 0.15) is 13.2 Å². The van der Waals surface area contributed by atoms with E-state index in [2.05, 4.69) is 39.3 Å². The molecular weight excluding hydrogens is 460 g/mol. The Kier molecular flexibility index (Phi) is 7.52. The van der Waals surface area contributed by atoms with Crippen molar-refractivity contribution >= 4 is 10.9 Å². The number of benzene rings is 1. The Bertz CT molecular complexity index is 1230.